The Morgan fingerprint density at radius 2 is 1.94 bits per heavy atom. The first-order chi connectivity index (χ1) is 15.1. The highest BCUT2D eigenvalue weighted by atomic mass is 35.5. The third-order valence-electron chi connectivity index (χ3n) is 6.32. The smallest absolute Gasteiger partial charge is 0.258 e. The fourth-order valence-corrected chi connectivity index (χ4v) is 5.66. The second-order valence-electron chi connectivity index (χ2n) is 8.57. The van der Waals surface area contributed by atoms with E-state index in [0.29, 0.717) is 22.3 Å². The first-order valence-electron chi connectivity index (χ1n) is 11.2. The minimum absolute atomic E-state index is 0.202. The van der Waals surface area contributed by atoms with E-state index >= 15 is 0 Å². The van der Waals surface area contributed by atoms with Gasteiger partial charge in [0, 0.05) is 29.5 Å². The maximum Gasteiger partial charge on any atom is 0.258 e. The molecule has 2 saturated heterocycles. The van der Waals surface area contributed by atoms with E-state index in [2.05, 4.69) is 32.3 Å². The number of aromatic nitrogens is 1. The number of amides is 1. The number of nitrogens with one attached hydrogen (secondary N) is 2. The maximum absolute atomic E-state index is 12.9. The van der Waals surface area contributed by atoms with Crippen LogP contribution in [0.4, 0.5) is 11.5 Å². The molecule has 2 N–H and O–H groups in total. The summed E-state index contributed by atoms with van der Waals surface area (Å²) in [4.78, 5) is 19.9. The fraction of sp³-hybridized carbons (Fsp3) is 0.500. The summed E-state index contributed by atoms with van der Waals surface area (Å²) in [5, 5.41) is 6.94. The van der Waals surface area contributed by atoms with E-state index in [0.717, 1.165) is 23.8 Å². The lowest BCUT2D eigenvalue weighted by Gasteiger charge is -2.39. The van der Waals surface area contributed by atoms with Crippen molar-refractivity contribution in [2.24, 2.45) is 5.92 Å². The Kier molecular flexibility index (Phi) is 7.75. The number of likely N-dealkylation sites (tertiary alicyclic amines) is 1. The number of hydrogen-bond acceptors (Lipinski definition) is 5. The molecule has 1 aromatic carbocycles. The van der Waals surface area contributed by atoms with E-state index in [9.17, 15) is 4.79 Å². The van der Waals surface area contributed by atoms with Gasteiger partial charge in [-0.25, -0.2) is 4.98 Å². The predicted octanol–water partition coefficient (Wildman–Crippen LogP) is 5.32. The van der Waals surface area contributed by atoms with Crippen molar-refractivity contribution in [2.75, 3.05) is 41.8 Å². The molecule has 1 amide bonds. The van der Waals surface area contributed by atoms with E-state index in [1.165, 1.54) is 50.3 Å². The third kappa shape index (κ3) is 6.15. The first-order valence-corrected chi connectivity index (χ1v) is 12.7. The SMILES string of the molecule is Cc1ccc(NC(=O)c2cc(Cl)ccc2NCC2CCN(C3CCSCC3)CC2)nc1. The number of anilines is 2. The Morgan fingerprint density at radius 1 is 1.16 bits per heavy atom. The minimum atomic E-state index is -0.202. The van der Waals surface area contributed by atoms with Gasteiger partial charge >= 0.3 is 0 Å². The molecule has 7 heteroatoms. The second kappa shape index (κ2) is 10.7. The standard InChI is InChI=1S/C24H31ClN4OS/c1-17-2-5-23(27-15-17)28-24(30)21-14-19(25)3-4-22(21)26-16-18-6-10-29(11-7-18)20-8-12-31-13-9-20/h2-5,14-15,18,20,26H,6-13,16H2,1H3,(H,27,28,30). The fourth-order valence-electron chi connectivity index (χ4n) is 4.41. The Hall–Kier alpha value is -1.76. The Labute approximate surface area is 194 Å². The van der Waals surface area contributed by atoms with Gasteiger partial charge in [0.15, 0.2) is 0 Å². The van der Waals surface area contributed by atoms with Crippen LogP contribution in [0.25, 0.3) is 0 Å². The van der Waals surface area contributed by atoms with Crippen molar-refractivity contribution in [3.63, 3.8) is 0 Å². The summed E-state index contributed by atoms with van der Waals surface area (Å²) >= 11 is 8.28. The van der Waals surface area contributed by atoms with E-state index < -0.39 is 0 Å². The number of pyridine rings is 1. The monoisotopic (exact) mass is 458 g/mol. The number of halogens is 1. The van der Waals surface area contributed by atoms with Crippen LogP contribution in [0, 0.1) is 12.8 Å². The number of piperidine rings is 1. The zero-order valence-electron chi connectivity index (χ0n) is 18.1. The van der Waals surface area contributed by atoms with Gasteiger partial charge in [-0.15, -0.1) is 0 Å². The lowest BCUT2D eigenvalue weighted by atomic mass is 9.94. The molecular weight excluding hydrogens is 428 g/mol. The molecule has 2 aliphatic rings. The Morgan fingerprint density at radius 3 is 2.65 bits per heavy atom. The van der Waals surface area contributed by atoms with Crippen molar-refractivity contribution < 1.29 is 4.79 Å². The molecule has 2 aliphatic heterocycles. The average molecular weight is 459 g/mol. The average Bonchev–Trinajstić information content (AvgIpc) is 2.80. The molecule has 2 fully saturated rings. The molecule has 3 heterocycles. The molecule has 4 rings (SSSR count). The third-order valence-corrected chi connectivity index (χ3v) is 7.60. The van der Waals surface area contributed by atoms with Crippen molar-refractivity contribution in [3.05, 3.63) is 52.7 Å². The second-order valence-corrected chi connectivity index (χ2v) is 10.2. The minimum Gasteiger partial charge on any atom is -0.384 e. The van der Waals surface area contributed by atoms with Crippen LogP contribution in [0.2, 0.25) is 5.02 Å². The zero-order chi connectivity index (χ0) is 21.6. The molecule has 0 bridgehead atoms. The molecule has 0 unspecified atom stereocenters. The molecule has 0 saturated carbocycles. The number of hydrogen-bond donors (Lipinski definition) is 2. The van der Waals surface area contributed by atoms with E-state index in [1.54, 1.807) is 12.3 Å². The van der Waals surface area contributed by atoms with Crippen LogP contribution >= 0.6 is 23.4 Å². The summed E-state index contributed by atoms with van der Waals surface area (Å²) in [6, 6.07) is 9.97. The van der Waals surface area contributed by atoms with Crippen molar-refractivity contribution >= 4 is 40.8 Å². The number of rotatable bonds is 6. The van der Waals surface area contributed by atoms with Gasteiger partial charge in [-0.05, 0) is 92.9 Å². The molecule has 0 atom stereocenters. The van der Waals surface area contributed by atoms with Gasteiger partial charge < -0.3 is 15.5 Å². The highest BCUT2D eigenvalue weighted by molar-refractivity contribution is 7.99. The van der Waals surface area contributed by atoms with Gasteiger partial charge in [0.05, 0.1) is 5.56 Å². The molecule has 0 spiro atoms. The van der Waals surface area contributed by atoms with Crippen LogP contribution in [0.15, 0.2) is 36.5 Å². The topological polar surface area (TPSA) is 57.3 Å². The summed E-state index contributed by atoms with van der Waals surface area (Å²) < 4.78 is 0. The van der Waals surface area contributed by atoms with Gasteiger partial charge in [0.25, 0.3) is 5.91 Å². The van der Waals surface area contributed by atoms with Crippen LogP contribution in [0.5, 0.6) is 0 Å². The molecule has 166 valence electrons. The first kappa shape index (κ1) is 22.4. The summed E-state index contributed by atoms with van der Waals surface area (Å²) in [6.45, 7) is 5.22. The number of aryl methyl sites for hydroxylation is 1. The molecule has 0 radical (unpaired) electrons. The largest absolute Gasteiger partial charge is 0.384 e. The summed E-state index contributed by atoms with van der Waals surface area (Å²) in [5.74, 6) is 3.58. The Balaban J connectivity index is 1.33. The van der Waals surface area contributed by atoms with E-state index in [4.69, 9.17) is 11.6 Å². The van der Waals surface area contributed by atoms with Gasteiger partial charge in [-0.1, -0.05) is 17.7 Å². The molecule has 1 aromatic heterocycles. The van der Waals surface area contributed by atoms with Crippen LogP contribution in [-0.2, 0) is 0 Å². The summed E-state index contributed by atoms with van der Waals surface area (Å²) in [6.07, 6.45) is 6.84. The van der Waals surface area contributed by atoms with Crippen molar-refractivity contribution in [3.8, 4) is 0 Å². The van der Waals surface area contributed by atoms with E-state index in [-0.39, 0.29) is 5.91 Å². The molecule has 31 heavy (non-hydrogen) atoms. The van der Waals surface area contributed by atoms with Crippen LogP contribution in [-0.4, -0.2) is 53.0 Å². The van der Waals surface area contributed by atoms with Crippen molar-refractivity contribution in [1.29, 1.82) is 0 Å². The number of carbonyl (C=O) groups excluding carboxylic acids is 1. The number of nitrogens with zero attached hydrogens (tertiary/aromatic N) is 2. The van der Waals surface area contributed by atoms with Gasteiger partial charge in [-0.2, -0.15) is 11.8 Å². The van der Waals surface area contributed by atoms with Gasteiger partial charge in [-0.3, -0.25) is 4.79 Å². The van der Waals surface area contributed by atoms with Gasteiger partial charge in [0.1, 0.15) is 5.82 Å². The van der Waals surface area contributed by atoms with Crippen LogP contribution in [0.1, 0.15) is 41.6 Å². The van der Waals surface area contributed by atoms with Crippen LogP contribution < -0.4 is 10.6 Å². The van der Waals surface area contributed by atoms with Crippen molar-refractivity contribution in [2.45, 2.75) is 38.6 Å². The molecular formula is C24H31ClN4OS. The van der Waals surface area contributed by atoms with Crippen LogP contribution in [0.3, 0.4) is 0 Å². The van der Waals surface area contributed by atoms with Gasteiger partial charge in [0.2, 0.25) is 0 Å². The summed E-state index contributed by atoms with van der Waals surface area (Å²) in [7, 11) is 0. The van der Waals surface area contributed by atoms with E-state index in [1.807, 2.05) is 31.2 Å². The lowest BCUT2D eigenvalue weighted by molar-refractivity contribution is 0.102. The lowest BCUT2D eigenvalue weighted by Crippen LogP contribution is -2.44. The predicted molar refractivity (Wildman–Crippen MR) is 132 cm³/mol. The summed E-state index contributed by atoms with van der Waals surface area (Å²) in [5.41, 5.74) is 2.42. The molecule has 0 aliphatic carbocycles. The quantitative estimate of drug-likeness (QED) is 0.613. The zero-order valence-corrected chi connectivity index (χ0v) is 19.6. The highest BCUT2D eigenvalue weighted by Crippen LogP contribution is 2.28. The maximum atomic E-state index is 12.9. The number of carbonyl (C=O) groups is 1. The number of thioether (sulfide) groups is 1. The molecule has 5 nitrogen and oxygen atoms in total. The highest BCUT2D eigenvalue weighted by Gasteiger charge is 2.26. The Bertz CT molecular complexity index is 878. The number of benzene rings is 1. The normalized spacial score (nSPS) is 18.6. The molecule has 2 aromatic rings. The van der Waals surface area contributed by atoms with Crippen molar-refractivity contribution in [1.82, 2.24) is 9.88 Å².